The molecule has 0 bridgehead atoms. The summed E-state index contributed by atoms with van der Waals surface area (Å²) < 4.78 is 16.4. The standard InChI is InChI=1S/C27H33N3O4Si/c1-27(2,3)35(4,5)34-24-19-18-22(15-12-20-33-23-16-10-7-11-17-23)29-25(31)28(26(32)30(24)29)21-13-8-6-9-14-21/h6-11,13-19,24H,12,20H2,1-5H3/b22-15+. The number of hydrogen-bond acceptors (Lipinski definition) is 4. The number of rotatable bonds is 7. The molecular formula is C27H33N3O4Si. The van der Waals surface area contributed by atoms with E-state index in [2.05, 4.69) is 33.9 Å². The van der Waals surface area contributed by atoms with Crippen LogP contribution in [0.15, 0.2) is 88.5 Å². The van der Waals surface area contributed by atoms with Crippen LogP contribution < -0.4 is 16.1 Å². The van der Waals surface area contributed by atoms with E-state index in [1.807, 2.05) is 66.8 Å². The van der Waals surface area contributed by atoms with Gasteiger partial charge in [-0.15, -0.1) is 0 Å². The van der Waals surface area contributed by atoms with Gasteiger partial charge >= 0.3 is 11.4 Å². The molecule has 0 saturated carbocycles. The first kappa shape index (κ1) is 24.8. The van der Waals surface area contributed by atoms with Crippen molar-refractivity contribution in [1.82, 2.24) is 13.9 Å². The van der Waals surface area contributed by atoms with Crippen LogP contribution in [0.1, 0.15) is 33.4 Å². The molecule has 0 saturated heterocycles. The van der Waals surface area contributed by atoms with Crippen molar-refractivity contribution in [3.05, 3.63) is 99.9 Å². The molecule has 0 amide bonds. The van der Waals surface area contributed by atoms with Crippen LogP contribution in [0.5, 0.6) is 5.75 Å². The van der Waals surface area contributed by atoms with Gasteiger partial charge in [-0.2, -0.15) is 9.36 Å². The van der Waals surface area contributed by atoms with Crippen LogP contribution in [0.4, 0.5) is 0 Å². The molecule has 2 heterocycles. The number of nitrogens with zero attached hydrogens (tertiary/aromatic N) is 3. The molecule has 0 spiro atoms. The van der Waals surface area contributed by atoms with Gasteiger partial charge in [0, 0.05) is 6.42 Å². The summed E-state index contributed by atoms with van der Waals surface area (Å²) in [5.41, 5.74) is 0.286. The van der Waals surface area contributed by atoms with Crippen LogP contribution in [0.3, 0.4) is 0 Å². The van der Waals surface area contributed by atoms with Gasteiger partial charge in [0.2, 0.25) is 0 Å². The Morgan fingerprint density at radius 1 is 0.943 bits per heavy atom. The zero-order chi connectivity index (χ0) is 25.2. The molecule has 0 N–H and O–H groups in total. The molecule has 7 nitrogen and oxygen atoms in total. The highest BCUT2D eigenvalue weighted by atomic mass is 28.4. The maximum atomic E-state index is 13.6. The lowest BCUT2D eigenvalue weighted by Crippen LogP contribution is -2.45. The van der Waals surface area contributed by atoms with Gasteiger partial charge in [0.05, 0.1) is 18.0 Å². The van der Waals surface area contributed by atoms with E-state index in [-0.39, 0.29) is 5.04 Å². The zero-order valence-corrected chi connectivity index (χ0v) is 22.0. The number of aromatic nitrogens is 3. The Morgan fingerprint density at radius 2 is 1.57 bits per heavy atom. The third kappa shape index (κ3) is 5.04. The van der Waals surface area contributed by atoms with Gasteiger partial charge in [-0.3, -0.25) is 0 Å². The fourth-order valence-corrected chi connectivity index (χ4v) is 4.80. The quantitative estimate of drug-likeness (QED) is 0.337. The molecule has 8 heteroatoms. The van der Waals surface area contributed by atoms with Crippen LogP contribution in [0.25, 0.3) is 11.4 Å². The summed E-state index contributed by atoms with van der Waals surface area (Å²) in [5.74, 6) is 0.789. The predicted molar refractivity (Wildman–Crippen MR) is 142 cm³/mol. The van der Waals surface area contributed by atoms with Crippen LogP contribution in [0, 0.1) is 0 Å². The van der Waals surface area contributed by atoms with E-state index in [1.165, 1.54) is 13.9 Å². The van der Waals surface area contributed by atoms with E-state index in [4.69, 9.17) is 9.16 Å². The van der Waals surface area contributed by atoms with Crippen LogP contribution in [-0.4, -0.2) is 28.9 Å². The molecule has 3 aromatic rings. The minimum absolute atomic E-state index is 0.0531. The number of para-hydroxylation sites is 2. The third-order valence-electron chi connectivity index (χ3n) is 6.61. The SMILES string of the molecule is CC(C)(C)[Si](C)(C)OC1C=C/C(=C\CCOc2ccccc2)n2c(=O)n(-c3ccccc3)c(=O)n21. The van der Waals surface area contributed by atoms with E-state index < -0.39 is 25.9 Å². The molecule has 0 fully saturated rings. The van der Waals surface area contributed by atoms with Crippen molar-refractivity contribution in [3.8, 4) is 11.4 Å². The van der Waals surface area contributed by atoms with Crippen molar-refractivity contribution in [3.63, 3.8) is 0 Å². The summed E-state index contributed by atoms with van der Waals surface area (Å²) in [4.78, 5) is 27.2. The monoisotopic (exact) mass is 491 g/mol. The topological polar surface area (TPSA) is 67.4 Å². The van der Waals surface area contributed by atoms with Gasteiger partial charge in [-0.05, 0) is 54.5 Å². The molecule has 2 aromatic carbocycles. The molecule has 184 valence electrons. The van der Waals surface area contributed by atoms with Crippen LogP contribution in [-0.2, 0) is 4.43 Å². The summed E-state index contributed by atoms with van der Waals surface area (Å²) >= 11 is 0. The lowest BCUT2D eigenvalue weighted by atomic mass is 10.2. The molecule has 1 aliphatic heterocycles. The first-order chi connectivity index (χ1) is 16.6. The Labute approximate surface area is 206 Å². The van der Waals surface area contributed by atoms with Gasteiger partial charge < -0.3 is 9.16 Å². The summed E-state index contributed by atoms with van der Waals surface area (Å²) in [7, 11) is -2.24. The minimum atomic E-state index is -2.24. The second kappa shape index (κ2) is 9.71. The smallest absolute Gasteiger partial charge is 0.356 e. The Hall–Kier alpha value is -3.36. The highest BCUT2D eigenvalue weighted by Crippen LogP contribution is 2.39. The lowest BCUT2D eigenvalue weighted by Gasteiger charge is -2.39. The molecular weight excluding hydrogens is 458 g/mol. The normalized spacial score (nSPS) is 16.9. The number of benzene rings is 2. The first-order valence-electron chi connectivity index (χ1n) is 11.9. The van der Waals surface area contributed by atoms with Gasteiger partial charge in [0.25, 0.3) is 0 Å². The molecule has 1 unspecified atom stereocenters. The van der Waals surface area contributed by atoms with E-state index in [1.54, 1.807) is 12.1 Å². The lowest BCUT2D eigenvalue weighted by molar-refractivity contribution is 0.132. The largest absolute Gasteiger partial charge is 0.493 e. The van der Waals surface area contributed by atoms with Gasteiger partial charge in [0.15, 0.2) is 14.5 Å². The number of ether oxygens (including phenoxy) is 1. The molecule has 4 rings (SSSR count). The van der Waals surface area contributed by atoms with Gasteiger partial charge in [0.1, 0.15) is 5.75 Å². The maximum absolute atomic E-state index is 13.6. The summed E-state index contributed by atoms with van der Waals surface area (Å²) in [6, 6.07) is 18.6. The fraction of sp³-hybridized carbons (Fsp3) is 0.333. The second-order valence-corrected chi connectivity index (χ2v) is 14.9. The minimum Gasteiger partial charge on any atom is -0.493 e. The molecule has 35 heavy (non-hydrogen) atoms. The highest BCUT2D eigenvalue weighted by molar-refractivity contribution is 6.74. The Balaban J connectivity index is 1.72. The Kier molecular flexibility index (Phi) is 6.87. The maximum Gasteiger partial charge on any atom is 0.356 e. The number of allylic oxidation sites excluding steroid dienone is 2. The molecule has 1 aliphatic rings. The highest BCUT2D eigenvalue weighted by Gasteiger charge is 2.41. The average Bonchev–Trinajstić information content (AvgIpc) is 3.09. The summed E-state index contributed by atoms with van der Waals surface area (Å²) in [6.45, 7) is 11.2. The van der Waals surface area contributed by atoms with E-state index >= 15 is 0 Å². The Morgan fingerprint density at radius 3 is 2.20 bits per heavy atom. The van der Waals surface area contributed by atoms with Crippen molar-refractivity contribution < 1.29 is 9.16 Å². The second-order valence-electron chi connectivity index (χ2n) is 10.1. The van der Waals surface area contributed by atoms with Crippen molar-refractivity contribution in [2.24, 2.45) is 0 Å². The number of fused-ring (bicyclic) bond motifs is 1. The predicted octanol–water partition coefficient (Wildman–Crippen LogP) is 5.20. The van der Waals surface area contributed by atoms with Crippen molar-refractivity contribution in [2.75, 3.05) is 6.61 Å². The van der Waals surface area contributed by atoms with E-state index in [0.29, 0.717) is 24.4 Å². The first-order valence-corrected chi connectivity index (χ1v) is 14.8. The Bertz CT molecular complexity index is 1340. The van der Waals surface area contributed by atoms with Gasteiger partial charge in [-0.25, -0.2) is 14.2 Å². The molecule has 0 radical (unpaired) electrons. The molecule has 1 atom stereocenters. The van der Waals surface area contributed by atoms with Gasteiger partial charge in [-0.1, -0.05) is 63.2 Å². The molecule has 0 aliphatic carbocycles. The van der Waals surface area contributed by atoms with Crippen molar-refractivity contribution >= 4 is 14.0 Å². The van der Waals surface area contributed by atoms with E-state index in [9.17, 15) is 9.59 Å². The van der Waals surface area contributed by atoms with Crippen molar-refractivity contribution in [1.29, 1.82) is 0 Å². The summed E-state index contributed by atoms with van der Waals surface area (Å²) in [5, 5.41) is -0.0531. The average molecular weight is 492 g/mol. The van der Waals surface area contributed by atoms with Crippen LogP contribution in [0.2, 0.25) is 18.1 Å². The summed E-state index contributed by atoms with van der Waals surface area (Å²) in [6.07, 6.45) is 5.53. The molecule has 1 aromatic heterocycles. The zero-order valence-electron chi connectivity index (χ0n) is 21.0. The van der Waals surface area contributed by atoms with E-state index in [0.717, 1.165) is 5.75 Å². The number of hydrogen-bond donors (Lipinski definition) is 0. The van der Waals surface area contributed by atoms with Crippen LogP contribution >= 0.6 is 0 Å². The van der Waals surface area contributed by atoms with Crippen molar-refractivity contribution in [2.45, 2.75) is 51.6 Å². The third-order valence-corrected chi connectivity index (χ3v) is 11.1. The fourth-order valence-electron chi connectivity index (χ4n) is 3.67.